The minimum atomic E-state index is -0.365. The van der Waals surface area contributed by atoms with Crippen LogP contribution in [0.4, 0.5) is 4.39 Å². The number of ether oxygens (including phenoxy) is 3. The Morgan fingerprint density at radius 3 is 2.63 bits per heavy atom. The van der Waals surface area contributed by atoms with Crippen molar-refractivity contribution in [1.29, 1.82) is 0 Å². The average molecular weight is 430 g/mol. The Morgan fingerprint density at radius 1 is 1.13 bits per heavy atom. The van der Waals surface area contributed by atoms with E-state index in [2.05, 4.69) is 14.8 Å². The molecule has 2 heterocycles. The SMILES string of the molecule is COc1ccc(-c2nnc(SCc3ccc(OC)c(F)c3)n2CC2CCCO2)cc1. The summed E-state index contributed by atoms with van der Waals surface area (Å²) in [6, 6.07) is 12.8. The van der Waals surface area contributed by atoms with Gasteiger partial charge in [0.1, 0.15) is 5.75 Å². The van der Waals surface area contributed by atoms with E-state index in [9.17, 15) is 4.39 Å². The minimum absolute atomic E-state index is 0.149. The molecule has 1 aliphatic heterocycles. The van der Waals surface area contributed by atoms with Crippen molar-refractivity contribution in [2.24, 2.45) is 0 Å². The van der Waals surface area contributed by atoms with Gasteiger partial charge in [-0.25, -0.2) is 4.39 Å². The highest BCUT2D eigenvalue weighted by atomic mass is 32.2. The van der Waals surface area contributed by atoms with E-state index in [1.807, 2.05) is 30.3 Å². The van der Waals surface area contributed by atoms with E-state index < -0.39 is 0 Å². The quantitative estimate of drug-likeness (QED) is 0.489. The normalized spacial score (nSPS) is 16.0. The third kappa shape index (κ3) is 4.60. The predicted octanol–water partition coefficient (Wildman–Crippen LogP) is 4.57. The van der Waals surface area contributed by atoms with Gasteiger partial charge in [-0.3, -0.25) is 4.57 Å². The fourth-order valence-electron chi connectivity index (χ4n) is 3.45. The fourth-order valence-corrected chi connectivity index (χ4v) is 4.34. The zero-order valence-corrected chi connectivity index (χ0v) is 17.8. The van der Waals surface area contributed by atoms with E-state index in [1.165, 1.54) is 24.9 Å². The highest BCUT2D eigenvalue weighted by Crippen LogP contribution is 2.30. The summed E-state index contributed by atoms with van der Waals surface area (Å²) in [5, 5.41) is 9.65. The van der Waals surface area contributed by atoms with Crippen LogP contribution in [0.25, 0.3) is 11.4 Å². The number of rotatable bonds is 8. The molecule has 0 N–H and O–H groups in total. The number of aromatic nitrogens is 3. The first-order valence-electron chi connectivity index (χ1n) is 9.82. The molecule has 30 heavy (non-hydrogen) atoms. The van der Waals surface area contributed by atoms with Crippen LogP contribution in [0.5, 0.6) is 11.5 Å². The predicted molar refractivity (Wildman–Crippen MR) is 113 cm³/mol. The highest BCUT2D eigenvalue weighted by molar-refractivity contribution is 7.98. The molecule has 0 saturated carbocycles. The van der Waals surface area contributed by atoms with Crippen LogP contribution in [0.1, 0.15) is 18.4 Å². The van der Waals surface area contributed by atoms with Crippen molar-refractivity contribution >= 4 is 11.8 Å². The topological polar surface area (TPSA) is 58.4 Å². The molecule has 1 atom stereocenters. The second-order valence-corrected chi connectivity index (χ2v) is 7.98. The molecular formula is C22H24FN3O3S. The van der Waals surface area contributed by atoms with Gasteiger partial charge in [-0.15, -0.1) is 10.2 Å². The van der Waals surface area contributed by atoms with Crippen LogP contribution in [-0.4, -0.2) is 41.7 Å². The van der Waals surface area contributed by atoms with Crippen LogP contribution in [0.3, 0.4) is 0 Å². The summed E-state index contributed by atoms with van der Waals surface area (Å²) in [7, 11) is 3.10. The van der Waals surface area contributed by atoms with Crippen LogP contribution in [0, 0.1) is 5.82 Å². The van der Waals surface area contributed by atoms with Gasteiger partial charge in [0, 0.05) is 17.9 Å². The molecule has 0 amide bonds. The van der Waals surface area contributed by atoms with Crippen LogP contribution in [0.15, 0.2) is 47.6 Å². The molecule has 0 bridgehead atoms. The first-order valence-corrected chi connectivity index (χ1v) is 10.8. The first kappa shape index (κ1) is 20.7. The smallest absolute Gasteiger partial charge is 0.191 e. The Labute approximate surface area is 179 Å². The molecule has 0 spiro atoms. The first-order chi connectivity index (χ1) is 14.7. The van der Waals surface area contributed by atoms with Gasteiger partial charge in [0.05, 0.1) is 26.9 Å². The number of nitrogens with zero attached hydrogens (tertiary/aromatic N) is 3. The van der Waals surface area contributed by atoms with Crippen molar-refractivity contribution in [3.63, 3.8) is 0 Å². The summed E-state index contributed by atoms with van der Waals surface area (Å²) in [6.45, 7) is 1.48. The summed E-state index contributed by atoms with van der Waals surface area (Å²) in [5.74, 6) is 2.03. The molecule has 1 unspecified atom stereocenters. The lowest BCUT2D eigenvalue weighted by Crippen LogP contribution is -2.16. The van der Waals surface area contributed by atoms with Gasteiger partial charge in [0.25, 0.3) is 0 Å². The lowest BCUT2D eigenvalue weighted by atomic mass is 10.2. The molecule has 1 fully saturated rings. The third-order valence-corrected chi connectivity index (χ3v) is 6.10. The molecule has 0 radical (unpaired) electrons. The summed E-state index contributed by atoms with van der Waals surface area (Å²) in [6.07, 6.45) is 2.24. The average Bonchev–Trinajstić information content (AvgIpc) is 3.43. The minimum Gasteiger partial charge on any atom is -0.497 e. The van der Waals surface area contributed by atoms with Crippen molar-refractivity contribution in [1.82, 2.24) is 14.8 Å². The standard InChI is InChI=1S/C22H24FN3O3S/c1-27-17-8-6-16(7-9-17)21-24-25-22(26(21)13-18-4-3-11-29-18)30-14-15-5-10-20(28-2)19(23)12-15/h5-10,12,18H,3-4,11,13-14H2,1-2H3. The molecule has 0 aliphatic carbocycles. The van der Waals surface area contributed by atoms with Crippen LogP contribution >= 0.6 is 11.8 Å². The molecule has 4 rings (SSSR count). The second-order valence-electron chi connectivity index (χ2n) is 7.04. The van der Waals surface area contributed by atoms with Crippen LogP contribution in [0.2, 0.25) is 0 Å². The Balaban J connectivity index is 1.58. The molecule has 3 aromatic rings. The van der Waals surface area contributed by atoms with Gasteiger partial charge in [-0.1, -0.05) is 17.8 Å². The van der Waals surface area contributed by atoms with E-state index >= 15 is 0 Å². The van der Waals surface area contributed by atoms with Gasteiger partial charge in [-0.05, 0) is 54.8 Å². The zero-order valence-electron chi connectivity index (χ0n) is 17.0. The monoisotopic (exact) mass is 429 g/mol. The molecule has 2 aromatic carbocycles. The molecule has 158 valence electrons. The Kier molecular flexibility index (Phi) is 6.54. The second kappa shape index (κ2) is 9.49. The molecule has 1 aliphatic rings. The Bertz CT molecular complexity index is 988. The molecule has 6 nitrogen and oxygen atoms in total. The van der Waals surface area contributed by atoms with Gasteiger partial charge in [-0.2, -0.15) is 0 Å². The van der Waals surface area contributed by atoms with E-state index in [4.69, 9.17) is 14.2 Å². The van der Waals surface area contributed by atoms with Crippen molar-refractivity contribution in [2.45, 2.75) is 36.4 Å². The fraction of sp³-hybridized carbons (Fsp3) is 0.364. The molecular weight excluding hydrogens is 405 g/mol. The summed E-state index contributed by atoms with van der Waals surface area (Å²) < 4.78 is 32.2. The third-order valence-electron chi connectivity index (χ3n) is 5.06. The number of benzene rings is 2. The van der Waals surface area contributed by atoms with Crippen LogP contribution < -0.4 is 9.47 Å². The summed E-state index contributed by atoms with van der Waals surface area (Å²) in [5.41, 5.74) is 1.82. The van der Waals surface area contributed by atoms with Crippen molar-refractivity contribution < 1.29 is 18.6 Å². The zero-order chi connectivity index (χ0) is 20.9. The maximum Gasteiger partial charge on any atom is 0.191 e. The number of methoxy groups -OCH3 is 2. The Hall–Kier alpha value is -2.58. The van der Waals surface area contributed by atoms with Gasteiger partial charge >= 0.3 is 0 Å². The largest absolute Gasteiger partial charge is 0.497 e. The van der Waals surface area contributed by atoms with Gasteiger partial charge in [0.15, 0.2) is 22.5 Å². The van der Waals surface area contributed by atoms with Crippen molar-refractivity contribution in [3.8, 4) is 22.9 Å². The number of hydrogen-bond donors (Lipinski definition) is 0. The lowest BCUT2D eigenvalue weighted by Gasteiger charge is -2.15. The molecule has 8 heteroatoms. The van der Waals surface area contributed by atoms with Crippen molar-refractivity contribution in [3.05, 3.63) is 53.8 Å². The van der Waals surface area contributed by atoms with Crippen LogP contribution in [-0.2, 0) is 17.0 Å². The maximum absolute atomic E-state index is 14.0. The van der Waals surface area contributed by atoms with Gasteiger partial charge < -0.3 is 14.2 Å². The maximum atomic E-state index is 14.0. The van der Waals surface area contributed by atoms with E-state index in [-0.39, 0.29) is 17.7 Å². The summed E-state index contributed by atoms with van der Waals surface area (Å²) in [4.78, 5) is 0. The number of halogens is 1. The van der Waals surface area contributed by atoms with Crippen molar-refractivity contribution in [2.75, 3.05) is 20.8 Å². The highest BCUT2D eigenvalue weighted by Gasteiger charge is 2.22. The molecule has 1 saturated heterocycles. The van der Waals surface area contributed by atoms with E-state index in [0.717, 1.165) is 47.3 Å². The van der Waals surface area contributed by atoms with E-state index in [1.54, 1.807) is 13.2 Å². The lowest BCUT2D eigenvalue weighted by molar-refractivity contribution is 0.0953. The molecule has 1 aromatic heterocycles. The summed E-state index contributed by atoms with van der Waals surface area (Å²) >= 11 is 1.53. The van der Waals surface area contributed by atoms with Gasteiger partial charge in [0.2, 0.25) is 0 Å². The van der Waals surface area contributed by atoms with E-state index in [0.29, 0.717) is 12.3 Å². The number of thioether (sulfide) groups is 1. The number of hydrogen-bond acceptors (Lipinski definition) is 6. The Morgan fingerprint density at radius 2 is 1.97 bits per heavy atom.